The number of fused-ring (bicyclic) bond motifs is 1. The normalized spacial score (nSPS) is 11.8. The van der Waals surface area contributed by atoms with Crippen molar-refractivity contribution in [1.29, 1.82) is 5.41 Å². The first-order chi connectivity index (χ1) is 13.7. The summed E-state index contributed by atoms with van der Waals surface area (Å²) in [7, 11) is 0. The number of halogens is 1. The van der Waals surface area contributed by atoms with E-state index in [0.717, 1.165) is 22.3 Å². The fourth-order valence-electron chi connectivity index (χ4n) is 3.38. The van der Waals surface area contributed by atoms with Gasteiger partial charge in [-0.05, 0) is 29.8 Å². The van der Waals surface area contributed by atoms with Crippen molar-refractivity contribution in [2.75, 3.05) is 6.61 Å². The molecule has 1 unspecified atom stereocenters. The van der Waals surface area contributed by atoms with Crippen molar-refractivity contribution in [2.24, 2.45) is 0 Å². The van der Waals surface area contributed by atoms with Crippen molar-refractivity contribution in [3.8, 4) is 5.75 Å². The molecule has 0 radical (unpaired) electrons. The molecule has 29 heavy (non-hydrogen) atoms. The van der Waals surface area contributed by atoms with E-state index in [1.807, 2.05) is 81.9 Å². The lowest BCUT2D eigenvalue weighted by Crippen LogP contribution is -2.31. The number of hydrogen-bond donors (Lipinski definition) is 2. The number of aromatic nitrogens is 2. The maximum Gasteiger partial charge on any atom is 0.203 e. The molecule has 0 saturated carbocycles. The molecule has 1 atom stereocenters. The smallest absolute Gasteiger partial charge is 0.203 e. The zero-order valence-electron chi connectivity index (χ0n) is 15.9. The Kier molecular flexibility index (Phi) is 6.90. The van der Waals surface area contributed by atoms with Crippen LogP contribution in [0.15, 0.2) is 84.9 Å². The zero-order valence-corrected chi connectivity index (χ0v) is 17.7. The minimum absolute atomic E-state index is 0. The van der Waals surface area contributed by atoms with Gasteiger partial charge in [-0.3, -0.25) is 5.41 Å². The van der Waals surface area contributed by atoms with Crippen molar-refractivity contribution >= 4 is 28.0 Å². The molecule has 0 aliphatic rings. The predicted molar refractivity (Wildman–Crippen MR) is 120 cm³/mol. The lowest BCUT2D eigenvalue weighted by molar-refractivity contribution is 0.0921. The number of ether oxygens (including phenoxy) is 1. The lowest BCUT2D eigenvalue weighted by Gasteiger charge is -2.13. The van der Waals surface area contributed by atoms with Gasteiger partial charge >= 0.3 is 0 Å². The number of aliphatic hydroxyl groups excluding tert-OH is 1. The molecule has 5 nitrogen and oxygen atoms in total. The Morgan fingerprint density at radius 3 is 2.00 bits per heavy atom. The summed E-state index contributed by atoms with van der Waals surface area (Å²) >= 11 is 0. The molecule has 0 bridgehead atoms. The molecule has 1 heterocycles. The van der Waals surface area contributed by atoms with Crippen molar-refractivity contribution in [1.82, 2.24) is 9.13 Å². The highest BCUT2D eigenvalue weighted by Crippen LogP contribution is 2.15. The average Bonchev–Trinajstić information content (AvgIpc) is 3.00. The molecule has 1 aromatic heterocycles. The standard InChI is InChI=1S/C23H23N3O2.BrH/c24-23-25(15-18-9-3-1-4-10-18)21-13-7-8-14-22(21)26(23)16-19(27)17-28-20-11-5-2-6-12-20;/h1-14,19,24,27H,15-17H2;1H. The number of para-hydroxylation sites is 3. The SMILES string of the molecule is Br.N=c1n(Cc2ccccc2)c2ccccc2n1CC(O)COc1ccccc1. The minimum atomic E-state index is -0.717. The zero-order chi connectivity index (χ0) is 19.3. The van der Waals surface area contributed by atoms with Crippen LogP contribution >= 0.6 is 17.0 Å². The Morgan fingerprint density at radius 1 is 0.793 bits per heavy atom. The second-order valence-corrected chi connectivity index (χ2v) is 6.77. The highest BCUT2D eigenvalue weighted by atomic mass is 79.9. The third-order valence-electron chi connectivity index (χ3n) is 4.74. The molecule has 0 saturated heterocycles. The summed E-state index contributed by atoms with van der Waals surface area (Å²) < 4.78 is 9.48. The van der Waals surface area contributed by atoms with Crippen LogP contribution in [0.4, 0.5) is 0 Å². The van der Waals surface area contributed by atoms with Gasteiger partial charge in [0.05, 0.1) is 24.1 Å². The van der Waals surface area contributed by atoms with E-state index in [1.165, 1.54) is 0 Å². The fraction of sp³-hybridized carbons (Fsp3) is 0.174. The van der Waals surface area contributed by atoms with Gasteiger partial charge in [-0.15, -0.1) is 17.0 Å². The van der Waals surface area contributed by atoms with E-state index in [2.05, 4.69) is 12.1 Å². The van der Waals surface area contributed by atoms with Gasteiger partial charge in [-0.2, -0.15) is 0 Å². The van der Waals surface area contributed by atoms with Gasteiger partial charge < -0.3 is 19.0 Å². The van der Waals surface area contributed by atoms with Crippen LogP contribution in [0.3, 0.4) is 0 Å². The molecule has 2 N–H and O–H groups in total. The third kappa shape index (κ3) is 4.78. The van der Waals surface area contributed by atoms with Crippen molar-refractivity contribution in [2.45, 2.75) is 19.2 Å². The largest absolute Gasteiger partial charge is 0.491 e. The molecule has 0 spiro atoms. The molecular weight excluding hydrogens is 430 g/mol. The van der Waals surface area contributed by atoms with E-state index in [-0.39, 0.29) is 23.6 Å². The Morgan fingerprint density at radius 2 is 1.34 bits per heavy atom. The predicted octanol–water partition coefficient (Wildman–Crippen LogP) is 3.99. The number of rotatable bonds is 7. The Hall–Kier alpha value is -2.83. The lowest BCUT2D eigenvalue weighted by atomic mass is 10.2. The van der Waals surface area contributed by atoms with E-state index in [1.54, 1.807) is 0 Å². The van der Waals surface area contributed by atoms with Crippen molar-refractivity contribution in [3.05, 3.63) is 96.1 Å². The second kappa shape index (κ2) is 9.58. The molecule has 0 aliphatic carbocycles. The molecule has 0 amide bonds. The summed E-state index contributed by atoms with van der Waals surface area (Å²) in [4.78, 5) is 0. The van der Waals surface area contributed by atoms with Crippen LogP contribution in [0.5, 0.6) is 5.75 Å². The van der Waals surface area contributed by atoms with Crippen molar-refractivity contribution < 1.29 is 9.84 Å². The molecular formula is C23H24BrN3O2. The minimum Gasteiger partial charge on any atom is -0.491 e. The molecule has 4 aromatic rings. The average molecular weight is 454 g/mol. The van der Waals surface area contributed by atoms with Crippen LogP contribution in [0.2, 0.25) is 0 Å². The number of imidazole rings is 1. The monoisotopic (exact) mass is 453 g/mol. The second-order valence-electron chi connectivity index (χ2n) is 6.77. The van der Waals surface area contributed by atoms with Gasteiger partial charge in [0.1, 0.15) is 18.5 Å². The molecule has 0 fully saturated rings. The molecule has 4 rings (SSSR count). The summed E-state index contributed by atoms with van der Waals surface area (Å²) in [6.07, 6.45) is -0.717. The summed E-state index contributed by atoms with van der Waals surface area (Å²) in [5.41, 5.74) is 3.41. The Balaban J connectivity index is 0.00000240. The first-order valence-corrected chi connectivity index (χ1v) is 9.35. The van der Waals surface area contributed by atoms with Crippen molar-refractivity contribution in [3.63, 3.8) is 0 Å². The first-order valence-electron chi connectivity index (χ1n) is 9.35. The molecule has 3 aromatic carbocycles. The topological polar surface area (TPSA) is 63.2 Å². The molecule has 0 aliphatic heterocycles. The van der Waals surface area contributed by atoms with E-state index in [4.69, 9.17) is 10.1 Å². The number of benzene rings is 3. The van der Waals surface area contributed by atoms with Gasteiger partial charge in [0.25, 0.3) is 0 Å². The van der Waals surface area contributed by atoms with Crippen LogP contribution in [0, 0.1) is 5.41 Å². The third-order valence-corrected chi connectivity index (χ3v) is 4.74. The van der Waals surface area contributed by atoms with E-state index >= 15 is 0 Å². The van der Waals surface area contributed by atoms with Crippen LogP contribution < -0.4 is 10.4 Å². The number of aliphatic hydroxyl groups is 1. The Bertz CT molecular complexity index is 1110. The highest BCUT2D eigenvalue weighted by Gasteiger charge is 2.14. The molecule has 150 valence electrons. The highest BCUT2D eigenvalue weighted by molar-refractivity contribution is 8.93. The quantitative estimate of drug-likeness (QED) is 0.444. The van der Waals surface area contributed by atoms with Gasteiger partial charge in [0.15, 0.2) is 0 Å². The number of hydrogen-bond acceptors (Lipinski definition) is 3. The maximum absolute atomic E-state index is 10.5. The summed E-state index contributed by atoms with van der Waals surface area (Å²) in [6.45, 7) is 1.09. The summed E-state index contributed by atoms with van der Waals surface area (Å²) in [5, 5.41) is 19.2. The van der Waals surface area contributed by atoms with Gasteiger partial charge in [-0.25, -0.2) is 0 Å². The van der Waals surface area contributed by atoms with Gasteiger partial charge in [0, 0.05) is 0 Å². The molecule has 6 heteroatoms. The number of nitrogens with zero attached hydrogens (tertiary/aromatic N) is 2. The van der Waals surface area contributed by atoms with E-state index in [9.17, 15) is 5.11 Å². The van der Waals surface area contributed by atoms with E-state index in [0.29, 0.717) is 18.7 Å². The van der Waals surface area contributed by atoms with Crippen LogP contribution in [-0.4, -0.2) is 27.0 Å². The summed E-state index contributed by atoms with van der Waals surface area (Å²) in [6, 6.07) is 27.5. The van der Waals surface area contributed by atoms with E-state index < -0.39 is 6.10 Å². The van der Waals surface area contributed by atoms with Crippen LogP contribution in [0.25, 0.3) is 11.0 Å². The first kappa shape index (κ1) is 20.9. The Labute approximate surface area is 180 Å². The van der Waals surface area contributed by atoms with Gasteiger partial charge in [0.2, 0.25) is 5.62 Å². The van der Waals surface area contributed by atoms with Crippen LogP contribution in [-0.2, 0) is 13.1 Å². The van der Waals surface area contributed by atoms with Gasteiger partial charge in [-0.1, -0.05) is 60.7 Å². The number of nitrogens with one attached hydrogen (secondary N) is 1. The van der Waals surface area contributed by atoms with Crippen LogP contribution in [0.1, 0.15) is 5.56 Å². The fourth-order valence-corrected chi connectivity index (χ4v) is 3.38. The summed E-state index contributed by atoms with van der Waals surface area (Å²) in [5.74, 6) is 0.726. The maximum atomic E-state index is 10.5.